The van der Waals surface area contributed by atoms with Gasteiger partial charge in [-0.25, -0.2) is 4.79 Å². The highest BCUT2D eigenvalue weighted by Crippen LogP contribution is 2.33. The number of nitrogens with zero attached hydrogens (tertiary/aromatic N) is 2. The van der Waals surface area contributed by atoms with Crippen molar-refractivity contribution in [2.45, 2.75) is 38.8 Å². The molecule has 0 spiro atoms. The molecular weight excluding hydrogens is 306 g/mol. The maximum absolute atomic E-state index is 12.5. The summed E-state index contributed by atoms with van der Waals surface area (Å²) >= 11 is 0. The minimum atomic E-state index is -0.595. The van der Waals surface area contributed by atoms with E-state index in [1.807, 2.05) is 39.8 Å². The molecule has 1 aliphatic heterocycles. The van der Waals surface area contributed by atoms with Crippen molar-refractivity contribution < 1.29 is 14.3 Å². The number of carbonyl (C=O) groups is 1. The predicted molar refractivity (Wildman–Crippen MR) is 91.1 cm³/mol. The van der Waals surface area contributed by atoms with Crippen LogP contribution in [-0.2, 0) is 9.47 Å². The molecule has 0 unspecified atom stereocenters. The fraction of sp³-hybridized carbons (Fsp3) is 0.444. The van der Waals surface area contributed by atoms with Crippen LogP contribution in [0.1, 0.15) is 33.3 Å². The zero-order valence-corrected chi connectivity index (χ0v) is 14.3. The van der Waals surface area contributed by atoms with Gasteiger partial charge < -0.3 is 14.8 Å². The van der Waals surface area contributed by atoms with Crippen molar-refractivity contribution in [3.63, 3.8) is 0 Å². The van der Waals surface area contributed by atoms with Gasteiger partial charge in [-0.2, -0.15) is 5.26 Å². The lowest BCUT2D eigenvalue weighted by atomic mass is 9.98. The summed E-state index contributed by atoms with van der Waals surface area (Å²) in [5.74, 6) is 0. The van der Waals surface area contributed by atoms with Crippen molar-refractivity contribution in [3.05, 3.63) is 30.0 Å². The highest BCUT2D eigenvalue weighted by molar-refractivity contribution is 6.00. The van der Waals surface area contributed by atoms with Crippen LogP contribution >= 0.6 is 0 Å². The summed E-state index contributed by atoms with van der Waals surface area (Å²) in [4.78, 5) is 12.5. The zero-order valence-electron chi connectivity index (χ0n) is 14.3. The molecule has 2 heterocycles. The summed E-state index contributed by atoms with van der Waals surface area (Å²) in [5.41, 5.74) is 0.928. The summed E-state index contributed by atoms with van der Waals surface area (Å²) in [5, 5.41) is 13.7. The van der Waals surface area contributed by atoms with E-state index in [9.17, 15) is 10.1 Å². The summed E-state index contributed by atoms with van der Waals surface area (Å²) in [6.45, 7) is 8.61. The second-order valence-electron chi connectivity index (χ2n) is 7.38. The van der Waals surface area contributed by atoms with Crippen LogP contribution in [0.5, 0.6) is 0 Å². The number of nitrogens with one attached hydrogen (secondary N) is 1. The fourth-order valence-electron chi connectivity index (χ4n) is 2.70. The molecule has 1 N–H and O–H groups in total. The third-order valence-electron chi connectivity index (χ3n) is 3.83. The lowest BCUT2D eigenvalue weighted by Crippen LogP contribution is -2.53. The van der Waals surface area contributed by atoms with Gasteiger partial charge in [-0.1, -0.05) is 6.07 Å². The average molecular weight is 327 g/mol. The van der Waals surface area contributed by atoms with Gasteiger partial charge in [0.05, 0.1) is 35.5 Å². The first-order chi connectivity index (χ1) is 11.2. The molecule has 1 aliphatic rings. The standard InChI is InChI=1S/C18H21N3O3/c1-17(2,3)24-16(22)21-8-7-12-5-6-13(9-19)14(15(12)21)20-18(4)10-23-11-18/h5-8,20H,10-11H2,1-4H3. The predicted octanol–water partition coefficient (Wildman–Crippen LogP) is 3.50. The first-order valence-corrected chi connectivity index (χ1v) is 7.86. The number of hydrogen-bond acceptors (Lipinski definition) is 5. The monoisotopic (exact) mass is 327 g/mol. The van der Waals surface area contributed by atoms with Crippen LogP contribution in [-0.4, -0.2) is 35.0 Å². The van der Waals surface area contributed by atoms with Crippen LogP contribution in [0, 0.1) is 11.3 Å². The second-order valence-corrected chi connectivity index (χ2v) is 7.38. The number of anilines is 1. The third-order valence-corrected chi connectivity index (χ3v) is 3.83. The Kier molecular flexibility index (Phi) is 3.77. The van der Waals surface area contributed by atoms with Gasteiger partial charge >= 0.3 is 6.09 Å². The van der Waals surface area contributed by atoms with Gasteiger partial charge in [-0.05, 0) is 39.8 Å². The molecule has 0 amide bonds. The van der Waals surface area contributed by atoms with Crippen molar-refractivity contribution in [1.29, 1.82) is 5.26 Å². The van der Waals surface area contributed by atoms with Gasteiger partial charge in [0.2, 0.25) is 0 Å². The number of ether oxygens (including phenoxy) is 2. The molecule has 0 atom stereocenters. The number of nitriles is 1. The minimum absolute atomic E-state index is 0.247. The first-order valence-electron chi connectivity index (χ1n) is 7.86. The molecule has 0 saturated carbocycles. The van der Waals surface area contributed by atoms with E-state index in [-0.39, 0.29) is 5.54 Å². The van der Waals surface area contributed by atoms with Gasteiger partial charge in [0.25, 0.3) is 0 Å². The number of rotatable bonds is 2. The van der Waals surface area contributed by atoms with Crippen molar-refractivity contribution in [3.8, 4) is 6.07 Å². The Balaban J connectivity index is 2.11. The second kappa shape index (κ2) is 5.53. The van der Waals surface area contributed by atoms with Crippen LogP contribution in [0.25, 0.3) is 10.9 Å². The smallest absolute Gasteiger partial charge is 0.419 e. The zero-order chi connectivity index (χ0) is 17.5. The van der Waals surface area contributed by atoms with Crippen molar-refractivity contribution in [2.24, 2.45) is 0 Å². The molecule has 1 aromatic carbocycles. The van der Waals surface area contributed by atoms with Crippen molar-refractivity contribution in [1.82, 2.24) is 4.57 Å². The van der Waals surface area contributed by atoms with Gasteiger partial charge in [-0.3, -0.25) is 4.57 Å². The Morgan fingerprint density at radius 1 is 1.38 bits per heavy atom. The molecular formula is C18H21N3O3. The Morgan fingerprint density at radius 3 is 2.62 bits per heavy atom. The highest BCUT2D eigenvalue weighted by atomic mass is 16.6. The maximum atomic E-state index is 12.5. The molecule has 1 saturated heterocycles. The number of hydrogen-bond donors (Lipinski definition) is 1. The topological polar surface area (TPSA) is 76.3 Å². The molecule has 0 aliphatic carbocycles. The van der Waals surface area contributed by atoms with Crippen LogP contribution in [0.4, 0.5) is 10.5 Å². The quantitative estimate of drug-likeness (QED) is 0.913. The van der Waals surface area contributed by atoms with Gasteiger partial charge in [0.1, 0.15) is 11.7 Å². The van der Waals surface area contributed by atoms with E-state index < -0.39 is 11.7 Å². The van der Waals surface area contributed by atoms with E-state index >= 15 is 0 Å². The molecule has 6 nitrogen and oxygen atoms in total. The normalized spacial score (nSPS) is 16.3. The molecule has 0 bridgehead atoms. The summed E-state index contributed by atoms with van der Waals surface area (Å²) < 4.78 is 12.2. The van der Waals surface area contributed by atoms with E-state index in [1.165, 1.54) is 4.57 Å². The van der Waals surface area contributed by atoms with E-state index in [2.05, 4.69) is 11.4 Å². The fourth-order valence-corrected chi connectivity index (χ4v) is 2.70. The molecule has 1 fully saturated rings. The number of carbonyl (C=O) groups excluding carboxylic acids is 1. The van der Waals surface area contributed by atoms with Gasteiger partial charge in [0, 0.05) is 11.6 Å². The summed E-state index contributed by atoms with van der Waals surface area (Å²) in [6, 6.07) is 7.62. The Labute approximate surface area is 141 Å². The van der Waals surface area contributed by atoms with Gasteiger partial charge in [0.15, 0.2) is 0 Å². The Bertz CT molecular complexity index is 836. The molecule has 24 heavy (non-hydrogen) atoms. The lowest BCUT2D eigenvalue weighted by Gasteiger charge is -2.40. The van der Waals surface area contributed by atoms with E-state index in [4.69, 9.17) is 9.47 Å². The van der Waals surface area contributed by atoms with Crippen molar-refractivity contribution >= 4 is 22.7 Å². The van der Waals surface area contributed by atoms with Crippen LogP contribution in [0.15, 0.2) is 24.4 Å². The third kappa shape index (κ3) is 2.95. The van der Waals surface area contributed by atoms with Crippen LogP contribution < -0.4 is 5.32 Å². The van der Waals surface area contributed by atoms with Gasteiger partial charge in [-0.15, -0.1) is 0 Å². The van der Waals surface area contributed by atoms with Crippen LogP contribution in [0.2, 0.25) is 0 Å². The number of aromatic nitrogens is 1. The molecule has 2 aromatic rings. The minimum Gasteiger partial charge on any atom is -0.443 e. The summed E-state index contributed by atoms with van der Waals surface area (Å²) in [7, 11) is 0. The largest absolute Gasteiger partial charge is 0.443 e. The van der Waals surface area contributed by atoms with Crippen LogP contribution in [0.3, 0.4) is 0 Å². The molecule has 3 rings (SSSR count). The van der Waals surface area contributed by atoms with E-state index in [0.29, 0.717) is 30.0 Å². The molecule has 0 radical (unpaired) electrons. The van der Waals surface area contributed by atoms with Crippen molar-refractivity contribution in [2.75, 3.05) is 18.5 Å². The maximum Gasteiger partial charge on any atom is 0.419 e. The highest BCUT2D eigenvalue weighted by Gasteiger charge is 2.35. The Morgan fingerprint density at radius 2 is 2.08 bits per heavy atom. The molecule has 126 valence electrons. The number of benzene rings is 1. The van der Waals surface area contributed by atoms with E-state index in [1.54, 1.807) is 12.3 Å². The first kappa shape index (κ1) is 16.3. The SMILES string of the molecule is CC1(Nc2c(C#N)ccc3ccn(C(=O)OC(C)(C)C)c23)COC1. The Hall–Kier alpha value is -2.52. The summed E-state index contributed by atoms with van der Waals surface area (Å²) in [6.07, 6.45) is 1.20. The lowest BCUT2D eigenvalue weighted by molar-refractivity contribution is -0.0317. The molecule has 1 aromatic heterocycles. The average Bonchev–Trinajstić information content (AvgIpc) is 2.88. The van der Waals surface area contributed by atoms with E-state index in [0.717, 1.165) is 5.39 Å². The molecule has 6 heteroatoms. The number of fused-ring (bicyclic) bond motifs is 1.